The first-order chi connectivity index (χ1) is 13.3. The van der Waals surface area contributed by atoms with Crippen LogP contribution in [0.5, 0.6) is 0 Å². The summed E-state index contributed by atoms with van der Waals surface area (Å²) in [6.07, 6.45) is 0.527. The summed E-state index contributed by atoms with van der Waals surface area (Å²) in [5.41, 5.74) is 0.617. The summed E-state index contributed by atoms with van der Waals surface area (Å²) < 4.78 is 54.6. The SMILES string of the molecule is CN[S+]([O-])c1cnc(NCc2ccc(C(F)(F)F)cc2)c(-c2nccn2C)c1. The molecule has 0 amide bonds. The lowest BCUT2D eigenvalue weighted by molar-refractivity contribution is -0.137. The molecule has 0 fully saturated rings. The second-order valence-corrected chi connectivity index (χ2v) is 7.37. The molecule has 1 aromatic carbocycles. The van der Waals surface area contributed by atoms with Crippen molar-refractivity contribution >= 4 is 17.2 Å². The molecule has 0 spiro atoms. The third-order valence-electron chi connectivity index (χ3n) is 4.07. The normalized spacial score (nSPS) is 12.8. The Morgan fingerprint density at radius 3 is 2.46 bits per heavy atom. The minimum absolute atomic E-state index is 0.275. The van der Waals surface area contributed by atoms with Gasteiger partial charge in [-0.25, -0.2) is 9.97 Å². The van der Waals surface area contributed by atoms with Crippen LogP contribution in [0.4, 0.5) is 19.0 Å². The van der Waals surface area contributed by atoms with E-state index in [1.807, 2.05) is 7.05 Å². The van der Waals surface area contributed by atoms with Crippen molar-refractivity contribution in [3.8, 4) is 11.4 Å². The highest BCUT2D eigenvalue weighted by Crippen LogP contribution is 2.30. The molecule has 0 bridgehead atoms. The molecule has 2 aromatic heterocycles. The van der Waals surface area contributed by atoms with Crippen LogP contribution in [-0.2, 0) is 31.1 Å². The van der Waals surface area contributed by atoms with Crippen molar-refractivity contribution in [2.45, 2.75) is 17.6 Å². The molecule has 0 saturated heterocycles. The molecule has 0 saturated carbocycles. The van der Waals surface area contributed by atoms with E-state index in [0.29, 0.717) is 27.7 Å². The minimum Gasteiger partial charge on any atom is -0.593 e. The summed E-state index contributed by atoms with van der Waals surface area (Å²) in [6.45, 7) is 0.275. The van der Waals surface area contributed by atoms with Gasteiger partial charge in [-0.05, 0) is 17.7 Å². The number of halogens is 3. The lowest BCUT2D eigenvalue weighted by Crippen LogP contribution is -2.19. The van der Waals surface area contributed by atoms with Gasteiger partial charge in [0.15, 0.2) is 4.90 Å². The van der Waals surface area contributed by atoms with E-state index in [9.17, 15) is 17.7 Å². The standard InChI is InChI=1S/C18H18F3N5OS/c1-22-28(27)14-9-15(17-23-7-8-26(17)2)16(25-11-14)24-10-12-3-5-13(6-4-12)18(19,20)21/h3-9,11,22H,10H2,1-2H3,(H,24,25). The van der Waals surface area contributed by atoms with Gasteiger partial charge >= 0.3 is 6.18 Å². The Morgan fingerprint density at radius 1 is 1.18 bits per heavy atom. The van der Waals surface area contributed by atoms with Gasteiger partial charge in [-0.15, -0.1) is 4.72 Å². The second kappa shape index (κ2) is 8.21. The Kier molecular flexibility index (Phi) is 5.92. The van der Waals surface area contributed by atoms with Gasteiger partial charge in [0.2, 0.25) is 0 Å². The van der Waals surface area contributed by atoms with Gasteiger partial charge in [-0.1, -0.05) is 12.1 Å². The molecule has 28 heavy (non-hydrogen) atoms. The van der Waals surface area contributed by atoms with Gasteiger partial charge in [-0.2, -0.15) is 13.2 Å². The number of aromatic nitrogens is 3. The molecule has 0 aliphatic carbocycles. The average Bonchev–Trinajstić information content (AvgIpc) is 3.11. The van der Waals surface area contributed by atoms with Gasteiger partial charge in [-0.3, -0.25) is 0 Å². The van der Waals surface area contributed by atoms with E-state index in [1.165, 1.54) is 18.3 Å². The summed E-state index contributed by atoms with van der Waals surface area (Å²) >= 11 is -1.41. The molecule has 10 heteroatoms. The molecule has 0 aliphatic rings. The van der Waals surface area contributed by atoms with E-state index in [-0.39, 0.29) is 6.54 Å². The summed E-state index contributed by atoms with van der Waals surface area (Å²) in [7, 11) is 3.40. The van der Waals surface area contributed by atoms with Gasteiger partial charge in [0, 0.05) is 39.1 Å². The van der Waals surface area contributed by atoms with Crippen LogP contribution in [-0.4, -0.2) is 26.1 Å². The molecular weight excluding hydrogens is 391 g/mol. The first-order valence-corrected chi connectivity index (χ1v) is 9.41. The molecule has 1 atom stereocenters. The van der Waals surface area contributed by atoms with Gasteiger partial charge in [0.25, 0.3) is 0 Å². The predicted molar refractivity (Wildman–Crippen MR) is 101 cm³/mol. The monoisotopic (exact) mass is 409 g/mol. The molecule has 6 nitrogen and oxygen atoms in total. The molecule has 3 aromatic rings. The maximum absolute atomic E-state index is 12.7. The van der Waals surface area contributed by atoms with Crippen molar-refractivity contribution in [2.75, 3.05) is 12.4 Å². The second-order valence-electron chi connectivity index (χ2n) is 5.95. The van der Waals surface area contributed by atoms with E-state index in [4.69, 9.17) is 0 Å². The van der Waals surface area contributed by atoms with Crippen LogP contribution in [0.2, 0.25) is 0 Å². The summed E-state index contributed by atoms with van der Waals surface area (Å²) in [5, 5.41) is 3.12. The zero-order valence-corrected chi connectivity index (χ0v) is 15.9. The van der Waals surface area contributed by atoms with Crippen molar-refractivity contribution in [3.05, 3.63) is 60.0 Å². The third kappa shape index (κ3) is 4.46. The van der Waals surface area contributed by atoms with Crippen LogP contribution in [0.25, 0.3) is 11.4 Å². The number of hydrogen-bond donors (Lipinski definition) is 2. The van der Waals surface area contributed by atoms with Crippen molar-refractivity contribution in [1.29, 1.82) is 0 Å². The number of pyridine rings is 1. The molecule has 3 rings (SSSR count). The smallest absolute Gasteiger partial charge is 0.416 e. The summed E-state index contributed by atoms with van der Waals surface area (Å²) in [5.74, 6) is 1.11. The zero-order chi connectivity index (χ0) is 20.3. The maximum atomic E-state index is 12.7. The van der Waals surface area contributed by atoms with Crippen LogP contribution >= 0.6 is 0 Å². The number of nitrogens with one attached hydrogen (secondary N) is 2. The number of hydrogen-bond acceptors (Lipinski definition) is 5. The van der Waals surface area contributed by atoms with Crippen molar-refractivity contribution in [2.24, 2.45) is 7.05 Å². The average molecular weight is 409 g/mol. The molecule has 148 valence electrons. The number of benzene rings is 1. The molecule has 2 heterocycles. The van der Waals surface area contributed by atoms with E-state index in [2.05, 4.69) is 20.0 Å². The predicted octanol–water partition coefficient (Wildman–Crippen LogP) is 3.36. The van der Waals surface area contributed by atoms with Crippen LogP contribution in [0, 0.1) is 0 Å². The fourth-order valence-electron chi connectivity index (χ4n) is 2.60. The number of nitrogens with zero attached hydrogens (tertiary/aromatic N) is 3. The number of rotatable bonds is 6. The number of alkyl halides is 3. The molecule has 0 radical (unpaired) electrons. The molecule has 2 N–H and O–H groups in total. The van der Waals surface area contributed by atoms with Gasteiger partial charge in [0.05, 0.1) is 28.7 Å². The van der Waals surface area contributed by atoms with Crippen molar-refractivity contribution < 1.29 is 17.7 Å². The highest BCUT2D eigenvalue weighted by Gasteiger charge is 2.29. The molecule has 1 unspecified atom stereocenters. The van der Waals surface area contributed by atoms with Crippen LogP contribution in [0.1, 0.15) is 11.1 Å². The third-order valence-corrected chi connectivity index (χ3v) is 5.09. The lowest BCUT2D eigenvalue weighted by Gasteiger charge is -2.14. The fraction of sp³-hybridized carbons (Fsp3) is 0.222. The maximum Gasteiger partial charge on any atom is 0.416 e. The van der Waals surface area contributed by atoms with Crippen LogP contribution < -0.4 is 10.0 Å². The highest BCUT2D eigenvalue weighted by molar-refractivity contribution is 7.89. The molecular formula is C18H18F3N5OS. The summed E-state index contributed by atoms with van der Waals surface area (Å²) in [4.78, 5) is 9.13. The number of anilines is 1. The highest BCUT2D eigenvalue weighted by atomic mass is 32.2. The van der Waals surface area contributed by atoms with Crippen molar-refractivity contribution in [3.63, 3.8) is 0 Å². The summed E-state index contributed by atoms with van der Waals surface area (Å²) in [6, 6.07) is 6.64. The fourth-order valence-corrected chi connectivity index (χ4v) is 3.21. The van der Waals surface area contributed by atoms with Crippen LogP contribution in [0.3, 0.4) is 0 Å². The van der Waals surface area contributed by atoms with Gasteiger partial charge < -0.3 is 14.4 Å². The minimum atomic E-state index is -4.36. The largest absolute Gasteiger partial charge is 0.593 e. The zero-order valence-electron chi connectivity index (χ0n) is 15.1. The Morgan fingerprint density at radius 2 is 1.89 bits per heavy atom. The lowest BCUT2D eigenvalue weighted by atomic mass is 10.1. The Balaban J connectivity index is 1.86. The molecule has 0 aliphatic heterocycles. The quantitative estimate of drug-likeness (QED) is 0.611. The Hall–Kier alpha value is -2.56. The topological polar surface area (TPSA) is 77.8 Å². The Bertz CT molecular complexity index is 943. The first kappa shape index (κ1) is 20.2. The first-order valence-electron chi connectivity index (χ1n) is 8.26. The van der Waals surface area contributed by atoms with E-state index >= 15 is 0 Å². The van der Waals surface area contributed by atoms with E-state index < -0.39 is 23.1 Å². The number of imidazole rings is 1. The number of aryl methyl sites for hydroxylation is 1. The van der Waals surface area contributed by atoms with E-state index in [0.717, 1.165) is 12.1 Å². The van der Waals surface area contributed by atoms with Gasteiger partial charge in [0.1, 0.15) is 11.6 Å². The Labute approximate surface area is 163 Å². The van der Waals surface area contributed by atoms with Crippen LogP contribution in [0.15, 0.2) is 53.8 Å². The van der Waals surface area contributed by atoms with Crippen molar-refractivity contribution in [1.82, 2.24) is 19.3 Å². The van der Waals surface area contributed by atoms with E-state index in [1.54, 1.807) is 30.1 Å².